The zero-order valence-electron chi connectivity index (χ0n) is 14.9. The first-order chi connectivity index (χ1) is 12.9. The minimum Gasteiger partial charge on any atom is -0.406 e. The highest BCUT2D eigenvalue weighted by molar-refractivity contribution is 5.60. The molecule has 0 bridgehead atoms. The summed E-state index contributed by atoms with van der Waals surface area (Å²) in [6, 6.07) is 12.1. The molecule has 142 valence electrons. The van der Waals surface area contributed by atoms with E-state index >= 15 is 0 Å². The van der Waals surface area contributed by atoms with Gasteiger partial charge in [0.25, 0.3) is 0 Å². The number of halogens is 4. The Morgan fingerprint density at radius 2 is 1.48 bits per heavy atom. The van der Waals surface area contributed by atoms with E-state index in [0.717, 1.165) is 25.7 Å². The van der Waals surface area contributed by atoms with Gasteiger partial charge in [0.05, 0.1) is 0 Å². The standard InChI is InChI=1S/C22H20F4O/c1-2-3-4-5-6-21(23)19-13-9-17(10-14-19)7-8-18-11-15-20(16-12-18)27-22(24,25)26/h6,9-16H,2-5H2,1H3/b21-6+. The molecule has 0 heterocycles. The Balaban J connectivity index is 1.99. The van der Waals surface area contributed by atoms with Crippen LogP contribution in [-0.4, -0.2) is 6.36 Å². The number of alkyl halides is 3. The number of hydrogen-bond donors (Lipinski definition) is 0. The molecule has 0 N–H and O–H groups in total. The Morgan fingerprint density at radius 3 is 2.00 bits per heavy atom. The Kier molecular flexibility index (Phi) is 7.48. The Morgan fingerprint density at radius 1 is 0.926 bits per heavy atom. The summed E-state index contributed by atoms with van der Waals surface area (Å²) in [5.41, 5.74) is 1.74. The lowest BCUT2D eigenvalue weighted by Gasteiger charge is -2.07. The molecule has 0 fully saturated rings. The normalized spacial score (nSPS) is 11.7. The molecule has 0 saturated heterocycles. The summed E-state index contributed by atoms with van der Waals surface area (Å²) < 4.78 is 54.2. The molecule has 2 rings (SSSR count). The van der Waals surface area contributed by atoms with Gasteiger partial charge in [0.15, 0.2) is 0 Å². The van der Waals surface area contributed by atoms with E-state index in [9.17, 15) is 17.6 Å². The monoisotopic (exact) mass is 376 g/mol. The molecule has 0 aliphatic heterocycles. The first-order valence-electron chi connectivity index (χ1n) is 8.71. The number of hydrogen-bond acceptors (Lipinski definition) is 1. The average Bonchev–Trinajstić information content (AvgIpc) is 2.64. The quantitative estimate of drug-likeness (QED) is 0.303. The van der Waals surface area contributed by atoms with E-state index in [-0.39, 0.29) is 11.6 Å². The molecule has 0 spiro atoms. The molecule has 5 heteroatoms. The summed E-state index contributed by atoms with van der Waals surface area (Å²) in [4.78, 5) is 0. The van der Waals surface area contributed by atoms with Gasteiger partial charge in [0, 0.05) is 16.7 Å². The van der Waals surface area contributed by atoms with E-state index in [1.807, 2.05) is 0 Å². The van der Waals surface area contributed by atoms with Crippen LogP contribution in [0.3, 0.4) is 0 Å². The van der Waals surface area contributed by atoms with Gasteiger partial charge >= 0.3 is 6.36 Å². The summed E-state index contributed by atoms with van der Waals surface area (Å²) in [6.07, 6.45) is 0.758. The third kappa shape index (κ3) is 7.57. The van der Waals surface area contributed by atoms with Gasteiger partial charge in [-0.25, -0.2) is 4.39 Å². The second-order valence-corrected chi connectivity index (χ2v) is 5.95. The molecule has 0 radical (unpaired) electrons. The lowest BCUT2D eigenvalue weighted by atomic mass is 10.1. The second kappa shape index (κ2) is 9.82. The van der Waals surface area contributed by atoms with Crippen molar-refractivity contribution in [2.24, 2.45) is 0 Å². The molecule has 0 aliphatic carbocycles. The van der Waals surface area contributed by atoms with Crippen LogP contribution >= 0.6 is 0 Å². The Bertz CT molecular complexity index is 807. The number of allylic oxidation sites excluding steroid dienone is 1. The van der Waals surface area contributed by atoms with Gasteiger partial charge in [-0.1, -0.05) is 43.7 Å². The molecule has 0 amide bonds. The van der Waals surface area contributed by atoms with Gasteiger partial charge in [-0.15, -0.1) is 13.2 Å². The smallest absolute Gasteiger partial charge is 0.406 e. The topological polar surface area (TPSA) is 9.23 Å². The van der Waals surface area contributed by atoms with Gasteiger partial charge in [-0.2, -0.15) is 0 Å². The van der Waals surface area contributed by atoms with Crippen molar-refractivity contribution in [3.63, 3.8) is 0 Å². The first-order valence-corrected chi connectivity index (χ1v) is 8.71. The van der Waals surface area contributed by atoms with Crippen molar-refractivity contribution < 1.29 is 22.3 Å². The number of benzene rings is 2. The van der Waals surface area contributed by atoms with E-state index in [2.05, 4.69) is 23.5 Å². The summed E-state index contributed by atoms with van der Waals surface area (Å²) in [5, 5.41) is 0. The van der Waals surface area contributed by atoms with Crippen LogP contribution in [0.15, 0.2) is 54.6 Å². The first kappa shape index (κ1) is 20.6. The molecule has 1 nitrogen and oxygen atoms in total. The second-order valence-electron chi connectivity index (χ2n) is 5.95. The molecule has 0 aliphatic rings. The molecule has 27 heavy (non-hydrogen) atoms. The maximum Gasteiger partial charge on any atom is 0.573 e. The predicted molar refractivity (Wildman–Crippen MR) is 98.8 cm³/mol. The molecule has 2 aromatic carbocycles. The largest absolute Gasteiger partial charge is 0.573 e. The van der Waals surface area contributed by atoms with Crippen molar-refractivity contribution in [1.29, 1.82) is 0 Å². The van der Waals surface area contributed by atoms with Gasteiger partial charge in [0.1, 0.15) is 11.6 Å². The van der Waals surface area contributed by atoms with Crippen molar-refractivity contribution in [2.45, 2.75) is 39.0 Å². The number of ether oxygens (including phenoxy) is 1. The average molecular weight is 376 g/mol. The lowest BCUT2D eigenvalue weighted by Crippen LogP contribution is -2.16. The van der Waals surface area contributed by atoms with Crippen LogP contribution in [-0.2, 0) is 0 Å². The maximum atomic E-state index is 14.0. The van der Waals surface area contributed by atoms with Crippen LogP contribution in [0.4, 0.5) is 17.6 Å². The molecule has 0 atom stereocenters. The van der Waals surface area contributed by atoms with E-state index in [1.54, 1.807) is 30.3 Å². The van der Waals surface area contributed by atoms with Crippen molar-refractivity contribution in [2.75, 3.05) is 0 Å². The minimum absolute atomic E-state index is 0.245. The van der Waals surface area contributed by atoms with Gasteiger partial charge in [-0.05, 0) is 55.3 Å². The number of rotatable bonds is 6. The SMILES string of the molecule is CCCCC/C=C(/F)c1ccc(C#Cc2ccc(OC(F)(F)F)cc2)cc1. The van der Waals surface area contributed by atoms with Crippen molar-refractivity contribution in [1.82, 2.24) is 0 Å². The van der Waals surface area contributed by atoms with Crippen LogP contribution in [0.2, 0.25) is 0 Å². The lowest BCUT2D eigenvalue weighted by molar-refractivity contribution is -0.274. The van der Waals surface area contributed by atoms with Crippen LogP contribution in [0, 0.1) is 11.8 Å². The summed E-state index contributed by atoms with van der Waals surface area (Å²) in [5.74, 6) is 5.22. The fourth-order valence-corrected chi connectivity index (χ4v) is 2.34. The zero-order valence-corrected chi connectivity index (χ0v) is 14.9. The molecule has 0 saturated carbocycles. The molecule has 0 unspecified atom stereocenters. The summed E-state index contributed by atoms with van der Waals surface area (Å²) in [6.45, 7) is 2.10. The Labute approximate surface area is 156 Å². The van der Waals surface area contributed by atoms with Crippen LogP contribution in [0.25, 0.3) is 5.83 Å². The van der Waals surface area contributed by atoms with Gasteiger partial charge < -0.3 is 4.74 Å². The molecule has 2 aromatic rings. The third-order valence-electron chi connectivity index (χ3n) is 3.73. The highest BCUT2D eigenvalue weighted by Crippen LogP contribution is 2.22. The third-order valence-corrected chi connectivity index (χ3v) is 3.73. The van der Waals surface area contributed by atoms with Crippen molar-refractivity contribution >= 4 is 5.83 Å². The van der Waals surface area contributed by atoms with Crippen LogP contribution < -0.4 is 4.74 Å². The highest BCUT2D eigenvalue weighted by Gasteiger charge is 2.30. The molecular weight excluding hydrogens is 356 g/mol. The fourth-order valence-electron chi connectivity index (χ4n) is 2.34. The summed E-state index contributed by atoms with van der Waals surface area (Å²) >= 11 is 0. The highest BCUT2D eigenvalue weighted by atomic mass is 19.4. The van der Waals surface area contributed by atoms with E-state index in [0.29, 0.717) is 16.7 Å². The Hall–Kier alpha value is -2.74. The minimum atomic E-state index is -4.71. The zero-order chi connectivity index (χ0) is 19.7. The van der Waals surface area contributed by atoms with Crippen LogP contribution in [0.1, 0.15) is 49.3 Å². The fraction of sp³-hybridized carbons (Fsp3) is 0.273. The van der Waals surface area contributed by atoms with Gasteiger partial charge in [0.2, 0.25) is 0 Å². The van der Waals surface area contributed by atoms with Gasteiger partial charge in [-0.3, -0.25) is 0 Å². The molecular formula is C22H20F4O. The van der Waals surface area contributed by atoms with Crippen LogP contribution in [0.5, 0.6) is 5.75 Å². The van der Waals surface area contributed by atoms with E-state index in [1.165, 1.54) is 24.3 Å². The van der Waals surface area contributed by atoms with E-state index in [4.69, 9.17) is 0 Å². The van der Waals surface area contributed by atoms with E-state index < -0.39 is 6.36 Å². The maximum absolute atomic E-state index is 14.0. The predicted octanol–water partition coefficient (Wildman–Crippen LogP) is 6.88. The number of unbranched alkanes of at least 4 members (excludes halogenated alkanes) is 3. The van der Waals surface area contributed by atoms with Crippen molar-refractivity contribution in [3.8, 4) is 17.6 Å². The molecule has 0 aromatic heterocycles. The summed E-state index contributed by atoms with van der Waals surface area (Å²) in [7, 11) is 0. The van der Waals surface area contributed by atoms with Crippen molar-refractivity contribution in [3.05, 3.63) is 71.3 Å².